The monoisotopic (exact) mass is 668 g/mol. The van der Waals surface area contributed by atoms with Crippen molar-refractivity contribution in [3.8, 4) is 17.2 Å². The van der Waals surface area contributed by atoms with Gasteiger partial charge in [0.2, 0.25) is 5.91 Å². The zero-order valence-electron chi connectivity index (χ0n) is 26.0. The number of benzene rings is 4. The Bertz CT molecular complexity index is 1940. The molecule has 47 heavy (non-hydrogen) atoms. The Kier molecular flexibility index (Phi) is 10.8. The quantitative estimate of drug-likeness (QED) is 0.0973. The third kappa shape index (κ3) is 8.48. The maximum atomic E-state index is 13.6. The van der Waals surface area contributed by atoms with Gasteiger partial charge in [0.25, 0.3) is 11.8 Å². The van der Waals surface area contributed by atoms with Crippen LogP contribution in [0.5, 0.6) is 17.2 Å². The second-order valence-electron chi connectivity index (χ2n) is 10.1. The summed E-state index contributed by atoms with van der Waals surface area (Å²) >= 11 is 2.70. The van der Waals surface area contributed by atoms with E-state index >= 15 is 0 Å². The Balaban J connectivity index is 1.31. The molecule has 0 aliphatic heterocycles. The fraction of sp³-hybridized carbons (Fsp3) is 0.143. The zero-order valence-corrected chi connectivity index (χ0v) is 27.7. The lowest BCUT2D eigenvalue weighted by molar-refractivity contribution is -0.115. The number of thioether (sulfide) groups is 1. The highest BCUT2D eigenvalue weighted by atomic mass is 32.2. The molecule has 3 N–H and O–H groups in total. The maximum absolute atomic E-state index is 13.6. The van der Waals surface area contributed by atoms with Crippen LogP contribution in [0.15, 0.2) is 102 Å². The standard InChI is InChI=1S/C35H32N4O6S2/c1-21(32(40)39-35-38-28-16-15-26(44-3)20-31(28)47-35)46-27-12-8-11-24(18-27)36-34(42)29(37-33(41)22-9-6-5-7-10-22)17-23-13-14-25(43-2)19-30(23)45-4/h5-21H,1-4H3,(H,36,42)(H,37,41)(H,38,39,40)/b29-17+. The Labute approximate surface area is 280 Å². The van der Waals surface area contributed by atoms with Crippen molar-refractivity contribution in [2.75, 3.05) is 32.0 Å². The van der Waals surface area contributed by atoms with E-state index in [1.54, 1.807) is 87.9 Å². The van der Waals surface area contributed by atoms with Gasteiger partial charge in [0.15, 0.2) is 5.13 Å². The Morgan fingerprint density at radius 3 is 2.32 bits per heavy atom. The lowest BCUT2D eigenvalue weighted by Gasteiger charge is -2.14. The van der Waals surface area contributed by atoms with Crippen molar-refractivity contribution in [3.05, 3.63) is 108 Å². The van der Waals surface area contributed by atoms with Gasteiger partial charge < -0.3 is 30.2 Å². The first-order valence-corrected chi connectivity index (χ1v) is 16.1. The number of nitrogens with zero attached hydrogens (tertiary/aromatic N) is 1. The number of anilines is 2. The van der Waals surface area contributed by atoms with E-state index in [9.17, 15) is 14.4 Å². The zero-order chi connectivity index (χ0) is 33.3. The van der Waals surface area contributed by atoms with Crippen LogP contribution in [0.25, 0.3) is 16.3 Å². The molecule has 10 nitrogen and oxygen atoms in total. The topological polar surface area (TPSA) is 128 Å². The van der Waals surface area contributed by atoms with Crippen LogP contribution in [-0.4, -0.2) is 49.3 Å². The van der Waals surface area contributed by atoms with E-state index in [-0.39, 0.29) is 11.6 Å². The molecule has 0 spiro atoms. The molecule has 5 rings (SSSR count). The minimum absolute atomic E-state index is 0.00146. The summed E-state index contributed by atoms with van der Waals surface area (Å²) in [7, 11) is 4.65. The summed E-state index contributed by atoms with van der Waals surface area (Å²) in [5, 5.41) is 8.53. The summed E-state index contributed by atoms with van der Waals surface area (Å²) in [5.74, 6) is 0.550. The fourth-order valence-corrected chi connectivity index (χ4v) is 6.25. The smallest absolute Gasteiger partial charge is 0.272 e. The second-order valence-corrected chi connectivity index (χ2v) is 12.5. The first kappa shape index (κ1) is 33.0. The van der Waals surface area contributed by atoms with Crippen LogP contribution < -0.4 is 30.2 Å². The second kappa shape index (κ2) is 15.3. The van der Waals surface area contributed by atoms with Gasteiger partial charge in [-0.15, -0.1) is 11.8 Å². The predicted octanol–water partition coefficient (Wildman–Crippen LogP) is 6.85. The summed E-state index contributed by atoms with van der Waals surface area (Å²) in [4.78, 5) is 45.0. The van der Waals surface area contributed by atoms with Crippen LogP contribution in [0.4, 0.5) is 10.8 Å². The number of carbonyl (C=O) groups is 3. The van der Waals surface area contributed by atoms with Crippen molar-refractivity contribution in [3.63, 3.8) is 0 Å². The van der Waals surface area contributed by atoms with Gasteiger partial charge in [-0.1, -0.05) is 35.6 Å². The Hall–Kier alpha value is -5.33. The normalized spacial score (nSPS) is 11.8. The van der Waals surface area contributed by atoms with Crippen molar-refractivity contribution < 1.29 is 28.6 Å². The molecule has 12 heteroatoms. The average Bonchev–Trinajstić information content (AvgIpc) is 3.49. The number of hydrogen-bond donors (Lipinski definition) is 3. The molecule has 5 aromatic rings. The van der Waals surface area contributed by atoms with Crippen molar-refractivity contribution >= 4 is 67.9 Å². The van der Waals surface area contributed by atoms with E-state index in [1.807, 2.05) is 24.3 Å². The van der Waals surface area contributed by atoms with Gasteiger partial charge in [0.1, 0.15) is 22.9 Å². The van der Waals surface area contributed by atoms with E-state index in [4.69, 9.17) is 14.2 Å². The van der Waals surface area contributed by atoms with Gasteiger partial charge in [0, 0.05) is 27.8 Å². The van der Waals surface area contributed by atoms with E-state index < -0.39 is 17.1 Å². The van der Waals surface area contributed by atoms with E-state index in [0.717, 1.165) is 20.9 Å². The van der Waals surface area contributed by atoms with Gasteiger partial charge in [-0.2, -0.15) is 0 Å². The summed E-state index contributed by atoms with van der Waals surface area (Å²) < 4.78 is 17.0. The molecule has 0 fully saturated rings. The number of methoxy groups -OCH3 is 3. The minimum atomic E-state index is -0.549. The van der Waals surface area contributed by atoms with Crippen molar-refractivity contribution in [2.24, 2.45) is 0 Å². The third-order valence-electron chi connectivity index (χ3n) is 6.87. The van der Waals surface area contributed by atoms with Crippen molar-refractivity contribution in [1.82, 2.24) is 10.3 Å². The highest BCUT2D eigenvalue weighted by Gasteiger charge is 2.19. The number of rotatable bonds is 12. The molecule has 1 atom stereocenters. The van der Waals surface area contributed by atoms with Gasteiger partial charge in [-0.25, -0.2) is 4.98 Å². The first-order chi connectivity index (χ1) is 22.8. The fourth-order valence-electron chi connectivity index (χ4n) is 4.43. The van der Waals surface area contributed by atoms with Crippen molar-refractivity contribution in [1.29, 1.82) is 0 Å². The maximum Gasteiger partial charge on any atom is 0.272 e. The Morgan fingerprint density at radius 2 is 1.57 bits per heavy atom. The van der Waals surface area contributed by atoms with Crippen LogP contribution in [-0.2, 0) is 9.59 Å². The number of hydrogen-bond acceptors (Lipinski definition) is 9. The number of carbonyl (C=O) groups excluding carboxylic acids is 3. The first-order valence-electron chi connectivity index (χ1n) is 14.4. The summed E-state index contributed by atoms with van der Waals surface area (Å²) in [6.45, 7) is 1.80. The lowest BCUT2D eigenvalue weighted by Crippen LogP contribution is -2.30. The third-order valence-corrected chi connectivity index (χ3v) is 8.90. The van der Waals surface area contributed by atoms with Gasteiger partial charge in [-0.05, 0) is 73.7 Å². The number of thiazole rings is 1. The number of ether oxygens (including phenoxy) is 3. The number of fused-ring (bicyclic) bond motifs is 1. The molecule has 0 bridgehead atoms. The average molecular weight is 669 g/mol. The van der Waals surface area contributed by atoms with Crippen LogP contribution in [0.1, 0.15) is 22.8 Å². The molecular weight excluding hydrogens is 637 g/mol. The minimum Gasteiger partial charge on any atom is -0.497 e. The van der Waals surface area contributed by atoms with Crippen LogP contribution in [0.3, 0.4) is 0 Å². The molecule has 0 saturated heterocycles. The number of nitrogens with one attached hydrogen (secondary N) is 3. The van der Waals surface area contributed by atoms with E-state index in [2.05, 4.69) is 20.9 Å². The molecule has 240 valence electrons. The largest absolute Gasteiger partial charge is 0.497 e. The molecule has 0 aliphatic rings. The lowest BCUT2D eigenvalue weighted by atomic mass is 10.1. The summed E-state index contributed by atoms with van der Waals surface area (Å²) in [5.41, 5.74) is 2.21. The van der Waals surface area contributed by atoms with Gasteiger partial charge >= 0.3 is 0 Å². The van der Waals surface area contributed by atoms with E-state index in [1.165, 1.54) is 36.3 Å². The molecular formula is C35H32N4O6S2. The highest BCUT2D eigenvalue weighted by molar-refractivity contribution is 8.00. The van der Waals surface area contributed by atoms with Crippen LogP contribution in [0, 0.1) is 0 Å². The van der Waals surface area contributed by atoms with E-state index in [0.29, 0.717) is 33.4 Å². The molecule has 1 aromatic heterocycles. The molecule has 1 unspecified atom stereocenters. The molecule has 0 radical (unpaired) electrons. The molecule has 0 saturated carbocycles. The SMILES string of the molecule is COc1ccc(/C=C(/NC(=O)c2ccccc2)C(=O)Nc2cccc(SC(C)C(=O)Nc3nc4ccc(OC)cc4s3)c2)c(OC)c1. The Morgan fingerprint density at radius 1 is 0.830 bits per heavy atom. The summed E-state index contributed by atoms with van der Waals surface area (Å²) in [6.07, 6.45) is 1.54. The predicted molar refractivity (Wildman–Crippen MR) is 187 cm³/mol. The molecule has 0 aliphatic carbocycles. The molecule has 4 aromatic carbocycles. The van der Waals surface area contributed by atoms with Crippen LogP contribution in [0.2, 0.25) is 0 Å². The number of amides is 3. The van der Waals surface area contributed by atoms with Crippen LogP contribution >= 0.6 is 23.1 Å². The van der Waals surface area contributed by atoms with Gasteiger partial charge in [-0.3, -0.25) is 14.4 Å². The van der Waals surface area contributed by atoms with Crippen molar-refractivity contribution in [2.45, 2.75) is 17.1 Å². The molecule has 1 heterocycles. The summed E-state index contributed by atoms with van der Waals surface area (Å²) in [6, 6.07) is 26.4. The molecule has 3 amide bonds. The van der Waals surface area contributed by atoms with Gasteiger partial charge in [0.05, 0.1) is 36.8 Å². The highest BCUT2D eigenvalue weighted by Crippen LogP contribution is 2.31. The number of aromatic nitrogens is 1.